The summed E-state index contributed by atoms with van der Waals surface area (Å²) in [6, 6.07) is 0. The van der Waals surface area contributed by atoms with E-state index >= 15 is 0 Å². The van der Waals surface area contributed by atoms with E-state index in [-0.39, 0.29) is 5.92 Å². The fraction of sp³-hybridized carbons (Fsp3) is 0.923. The Morgan fingerprint density at radius 3 is 2.88 bits per heavy atom. The fourth-order valence-electron chi connectivity index (χ4n) is 2.55. The van der Waals surface area contributed by atoms with Crippen molar-refractivity contribution in [3.05, 3.63) is 0 Å². The molecule has 4 nitrogen and oxygen atoms in total. The van der Waals surface area contributed by atoms with Crippen LogP contribution in [0.15, 0.2) is 0 Å². The van der Waals surface area contributed by atoms with E-state index < -0.39 is 5.97 Å². The molecule has 0 bridgehead atoms. The van der Waals surface area contributed by atoms with E-state index in [1.165, 1.54) is 32.4 Å². The number of hydrogen-bond acceptors (Lipinski definition) is 3. The first-order valence-corrected chi connectivity index (χ1v) is 6.59. The molecule has 100 valence electrons. The average molecular weight is 242 g/mol. The normalized spacial score (nSPS) is 23.9. The van der Waals surface area contributed by atoms with Crippen molar-refractivity contribution in [2.75, 3.05) is 40.3 Å². The van der Waals surface area contributed by atoms with Crippen molar-refractivity contribution < 1.29 is 9.90 Å². The molecule has 0 aliphatic carbocycles. The Kier molecular flexibility index (Phi) is 5.92. The first-order valence-electron chi connectivity index (χ1n) is 6.59. The van der Waals surface area contributed by atoms with Gasteiger partial charge in [0.05, 0.1) is 5.92 Å². The van der Waals surface area contributed by atoms with Crippen LogP contribution < -0.4 is 0 Å². The molecule has 0 aromatic carbocycles. The van der Waals surface area contributed by atoms with Gasteiger partial charge in [0.25, 0.3) is 0 Å². The van der Waals surface area contributed by atoms with E-state index in [0.717, 1.165) is 12.5 Å². The standard InChI is InChI=1S/C13H26N2O2/c1-11(13(16)17)9-15(3)8-6-12-5-4-7-14(2)10-12/h11-12H,4-10H2,1-3H3,(H,16,17). The van der Waals surface area contributed by atoms with Crippen LogP contribution in [-0.4, -0.2) is 61.2 Å². The first kappa shape index (κ1) is 14.5. The van der Waals surface area contributed by atoms with E-state index in [1.807, 2.05) is 7.05 Å². The molecule has 4 heteroatoms. The number of piperidine rings is 1. The predicted octanol–water partition coefficient (Wildman–Crippen LogP) is 1.37. The molecular formula is C13H26N2O2. The first-order chi connectivity index (χ1) is 7.99. The summed E-state index contributed by atoms with van der Waals surface area (Å²) >= 11 is 0. The summed E-state index contributed by atoms with van der Waals surface area (Å²) in [6.07, 6.45) is 3.82. The van der Waals surface area contributed by atoms with Crippen molar-refractivity contribution in [3.63, 3.8) is 0 Å². The van der Waals surface area contributed by atoms with E-state index in [9.17, 15) is 4.79 Å². The van der Waals surface area contributed by atoms with Gasteiger partial charge in [0.15, 0.2) is 0 Å². The van der Waals surface area contributed by atoms with E-state index in [4.69, 9.17) is 5.11 Å². The van der Waals surface area contributed by atoms with Crippen LogP contribution in [0.25, 0.3) is 0 Å². The monoisotopic (exact) mass is 242 g/mol. The highest BCUT2D eigenvalue weighted by Crippen LogP contribution is 2.18. The molecule has 2 unspecified atom stereocenters. The quantitative estimate of drug-likeness (QED) is 0.764. The van der Waals surface area contributed by atoms with Crippen LogP contribution in [-0.2, 0) is 4.79 Å². The van der Waals surface area contributed by atoms with Crippen molar-refractivity contribution in [1.82, 2.24) is 9.80 Å². The molecule has 1 N–H and O–H groups in total. The molecule has 2 atom stereocenters. The van der Waals surface area contributed by atoms with Gasteiger partial charge >= 0.3 is 5.97 Å². The summed E-state index contributed by atoms with van der Waals surface area (Å²) < 4.78 is 0. The van der Waals surface area contributed by atoms with Crippen LogP contribution in [0.2, 0.25) is 0 Å². The van der Waals surface area contributed by atoms with Gasteiger partial charge in [-0.3, -0.25) is 4.79 Å². The molecule has 1 aliphatic rings. The SMILES string of the molecule is CC(CN(C)CCC1CCCN(C)C1)C(=O)O. The number of likely N-dealkylation sites (tertiary alicyclic amines) is 1. The molecule has 0 aromatic rings. The van der Waals surface area contributed by atoms with E-state index in [2.05, 4.69) is 16.8 Å². The second-order valence-corrected chi connectivity index (χ2v) is 5.56. The fourth-order valence-corrected chi connectivity index (χ4v) is 2.55. The summed E-state index contributed by atoms with van der Waals surface area (Å²) in [7, 11) is 4.20. The lowest BCUT2D eigenvalue weighted by molar-refractivity contribution is -0.141. The van der Waals surface area contributed by atoms with Crippen LogP contribution in [0, 0.1) is 11.8 Å². The maximum absolute atomic E-state index is 10.8. The molecule has 17 heavy (non-hydrogen) atoms. The molecule has 1 saturated heterocycles. The van der Waals surface area contributed by atoms with Crippen LogP contribution in [0.4, 0.5) is 0 Å². The Hall–Kier alpha value is -0.610. The van der Waals surface area contributed by atoms with Crippen LogP contribution in [0.5, 0.6) is 0 Å². The van der Waals surface area contributed by atoms with Gasteiger partial charge in [-0.25, -0.2) is 0 Å². The summed E-state index contributed by atoms with van der Waals surface area (Å²) in [5.41, 5.74) is 0. The van der Waals surface area contributed by atoms with Gasteiger partial charge in [0.1, 0.15) is 0 Å². The molecular weight excluding hydrogens is 216 g/mol. The highest BCUT2D eigenvalue weighted by molar-refractivity contribution is 5.69. The van der Waals surface area contributed by atoms with Crippen molar-refractivity contribution in [3.8, 4) is 0 Å². The number of nitrogens with zero attached hydrogens (tertiary/aromatic N) is 2. The topological polar surface area (TPSA) is 43.8 Å². The van der Waals surface area contributed by atoms with Crippen molar-refractivity contribution >= 4 is 5.97 Å². The lowest BCUT2D eigenvalue weighted by Crippen LogP contribution is -2.35. The Morgan fingerprint density at radius 2 is 2.29 bits per heavy atom. The number of rotatable bonds is 6. The van der Waals surface area contributed by atoms with Crippen LogP contribution >= 0.6 is 0 Å². The minimum absolute atomic E-state index is 0.269. The third kappa shape index (κ3) is 5.50. The number of carboxylic acid groups (broad SMARTS) is 1. The van der Waals surface area contributed by atoms with Gasteiger partial charge in [-0.15, -0.1) is 0 Å². The lowest BCUT2D eigenvalue weighted by Gasteiger charge is -2.31. The minimum atomic E-state index is -0.700. The van der Waals surface area contributed by atoms with Gasteiger partial charge in [-0.2, -0.15) is 0 Å². The van der Waals surface area contributed by atoms with Gasteiger partial charge < -0.3 is 14.9 Å². The lowest BCUT2D eigenvalue weighted by atomic mass is 9.95. The van der Waals surface area contributed by atoms with Gasteiger partial charge in [-0.05, 0) is 52.4 Å². The van der Waals surface area contributed by atoms with Crippen molar-refractivity contribution in [2.45, 2.75) is 26.2 Å². The molecule has 0 saturated carbocycles. The second-order valence-electron chi connectivity index (χ2n) is 5.56. The summed E-state index contributed by atoms with van der Waals surface area (Å²) in [5.74, 6) is -0.181. The summed E-state index contributed by atoms with van der Waals surface area (Å²) in [5, 5.41) is 8.85. The van der Waals surface area contributed by atoms with E-state index in [0.29, 0.717) is 6.54 Å². The van der Waals surface area contributed by atoms with Crippen LogP contribution in [0.1, 0.15) is 26.2 Å². The maximum Gasteiger partial charge on any atom is 0.307 e. The van der Waals surface area contributed by atoms with Gasteiger partial charge in [0, 0.05) is 13.1 Å². The Labute approximate surface area is 105 Å². The summed E-state index contributed by atoms with van der Waals surface area (Å²) in [4.78, 5) is 15.3. The zero-order valence-electron chi connectivity index (χ0n) is 11.4. The molecule has 1 rings (SSSR count). The Balaban J connectivity index is 2.18. The second kappa shape index (κ2) is 6.97. The highest BCUT2D eigenvalue weighted by atomic mass is 16.4. The zero-order valence-corrected chi connectivity index (χ0v) is 11.4. The number of aliphatic carboxylic acids is 1. The minimum Gasteiger partial charge on any atom is -0.481 e. The Morgan fingerprint density at radius 1 is 1.59 bits per heavy atom. The van der Waals surface area contributed by atoms with Gasteiger partial charge in [-0.1, -0.05) is 6.92 Å². The van der Waals surface area contributed by atoms with Gasteiger partial charge in [0.2, 0.25) is 0 Å². The molecule has 0 aromatic heterocycles. The Bertz CT molecular complexity index is 246. The zero-order chi connectivity index (χ0) is 12.8. The smallest absolute Gasteiger partial charge is 0.307 e. The maximum atomic E-state index is 10.8. The molecule has 1 aliphatic heterocycles. The highest BCUT2D eigenvalue weighted by Gasteiger charge is 2.18. The van der Waals surface area contributed by atoms with Crippen molar-refractivity contribution in [1.29, 1.82) is 0 Å². The third-order valence-corrected chi connectivity index (χ3v) is 3.65. The molecule has 0 spiro atoms. The molecule has 1 fully saturated rings. The van der Waals surface area contributed by atoms with Crippen LogP contribution in [0.3, 0.4) is 0 Å². The largest absolute Gasteiger partial charge is 0.481 e. The number of carbonyl (C=O) groups is 1. The molecule has 1 heterocycles. The van der Waals surface area contributed by atoms with E-state index in [1.54, 1.807) is 6.92 Å². The summed E-state index contributed by atoms with van der Waals surface area (Å²) in [6.45, 7) is 5.85. The average Bonchev–Trinajstić information content (AvgIpc) is 2.26. The molecule has 0 amide bonds. The third-order valence-electron chi connectivity index (χ3n) is 3.65. The van der Waals surface area contributed by atoms with Crippen molar-refractivity contribution in [2.24, 2.45) is 11.8 Å². The number of hydrogen-bond donors (Lipinski definition) is 1. The number of carboxylic acids is 1. The molecule has 0 radical (unpaired) electrons. The predicted molar refractivity (Wildman–Crippen MR) is 69.1 cm³/mol.